The Morgan fingerprint density at radius 3 is 2.10 bits per heavy atom. The van der Waals surface area contributed by atoms with E-state index >= 15 is 0 Å². The molecule has 10 heavy (non-hydrogen) atoms. The normalized spacial score (nSPS) is 11.4. The summed E-state index contributed by atoms with van der Waals surface area (Å²) in [4.78, 5) is 2.27. The highest BCUT2D eigenvalue weighted by Gasteiger charge is 1.95. The number of nitrogens with zero attached hydrogens (tertiary/aromatic N) is 1. The largest absolute Gasteiger partial charge is 0.309 e. The van der Waals surface area contributed by atoms with Crippen molar-refractivity contribution in [2.75, 3.05) is 20.6 Å². The van der Waals surface area contributed by atoms with Crippen LogP contribution in [0.4, 0.5) is 0 Å². The van der Waals surface area contributed by atoms with Gasteiger partial charge in [0.2, 0.25) is 0 Å². The van der Waals surface area contributed by atoms with Gasteiger partial charge in [0.25, 0.3) is 0 Å². The minimum atomic E-state index is -0.252. The molecule has 0 atom stereocenters. The Morgan fingerprint density at radius 1 is 1.10 bits per heavy atom. The van der Waals surface area contributed by atoms with Crippen molar-refractivity contribution in [1.82, 2.24) is 4.90 Å². The van der Waals surface area contributed by atoms with Crippen LogP contribution in [0.1, 0.15) is 12.8 Å². The molecular weight excluding hydrogens is 138 g/mol. The van der Waals surface area contributed by atoms with Gasteiger partial charge in [-0.2, -0.15) is 0 Å². The Labute approximate surface area is 67.0 Å². The molecule has 0 aliphatic heterocycles. The van der Waals surface area contributed by atoms with E-state index in [1.54, 1.807) is 0 Å². The minimum Gasteiger partial charge on any atom is -0.309 e. The van der Waals surface area contributed by atoms with Crippen LogP contribution in [0.25, 0.3) is 0 Å². The topological polar surface area (TPSA) is 3.24 Å². The molecule has 0 unspecified atom stereocenters. The Hall–Kier alpha value is 0.177. The summed E-state index contributed by atoms with van der Waals surface area (Å²) in [5, 5.41) is 0. The molecule has 0 aromatic carbocycles. The third-order valence-corrected chi connectivity index (χ3v) is 3.20. The van der Waals surface area contributed by atoms with Gasteiger partial charge in [-0.15, -0.1) is 0 Å². The minimum absolute atomic E-state index is 0.252. The van der Waals surface area contributed by atoms with Gasteiger partial charge in [-0.3, -0.25) is 0 Å². The quantitative estimate of drug-likeness (QED) is 0.437. The van der Waals surface area contributed by atoms with Gasteiger partial charge in [0.05, 0.1) is 0 Å². The predicted octanol–water partition coefficient (Wildman–Crippen LogP) is 1.81. The lowest BCUT2D eigenvalue weighted by atomic mass is 10.3. The Kier molecular flexibility index (Phi) is 6.03. The molecule has 1 nitrogen and oxygen atoms in total. The fourth-order valence-electron chi connectivity index (χ4n) is 0.981. The van der Waals surface area contributed by atoms with Crippen molar-refractivity contribution in [2.24, 2.45) is 0 Å². The fraction of sp³-hybridized carbons (Fsp3) is 1.00. The summed E-state index contributed by atoms with van der Waals surface area (Å²) in [6.45, 7) is 6.12. The van der Waals surface area contributed by atoms with Gasteiger partial charge in [-0.1, -0.05) is 25.6 Å². The Morgan fingerprint density at radius 2 is 1.70 bits per heavy atom. The van der Waals surface area contributed by atoms with E-state index in [-0.39, 0.29) is 8.80 Å². The third-order valence-electron chi connectivity index (χ3n) is 1.64. The van der Waals surface area contributed by atoms with Crippen molar-refractivity contribution < 1.29 is 0 Å². The molecule has 0 aromatic heterocycles. The van der Waals surface area contributed by atoms with E-state index in [0.717, 1.165) is 0 Å². The molecule has 62 valence electrons. The van der Waals surface area contributed by atoms with Crippen LogP contribution in [0.15, 0.2) is 0 Å². The van der Waals surface area contributed by atoms with Gasteiger partial charge in [-0.05, 0) is 27.1 Å². The molecule has 0 saturated heterocycles. The average Bonchev–Trinajstić information content (AvgIpc) is 1.79. The van der Waals surface area contributed by atoms with Gasteiger partial charge in [0, 0.05) is 8.80 Å². The number of hydrogen-bond acceptors (Lipinski definition) is 1. The monoisotopic (exact) mass is 159 g/mol. The van der Waals surface area contributed by atoms with E-state index in [0.29, 0.717) is 0 Å². The zero-order chi connectivity index (χ0) is 7.98. The molecule has 0 spiro atoms. The molecular formula is C8H21NSi. The van der Waals surface area contributed by atoms with Crippen molar-refractivity contribution in [1.29, 1.82) is 0 Å². The second-order valence-electron chi connectivity index (χ2n) is 3.69. The summed E-state index contributed by atoms with van der Waals surface area (Å²) < 4.78 is 0. The second kappa shape index (κ2) is 5.92. The Bertz CT molecular complexity index is 61.7. The van der Waals surface area contributed by atoms with Crippen LogP contribution >= 0.6 is 0 Å². The van der Waals surface area contributed by atoms with Crippen LogP contribution in [-0.4, -0.2) is 34.3 Å². The lowest BCUT2D eigenvalue weighted by molar-refractivity contribution is 0.398. The standard InChI is InChI=1S/C8H21NSi/c1-9(2)7-5-6-8-10(3)4/h10H,5-8H2,1-4H3. The predicted molar refractivity (Wildman–Crippen MR) is 51.5 cm³/mol. The summed E-state index contributed by atoms with van der Waals surface area (Å²) in [5.74, 6) is 0. The molecule has 0 radical (unpaired) electrons. The molecule has 0 fully saturated rings. The molecule has 2 heteroatoms. The average molecular weight is 159 g/mol. The summed E-state index contributed by atoms with van der Waals surface area (Å²) in [5.41, 5.74) is 0. The van der Waals surface area contributed by atoms with Crippen LogP contribution in [0.5, 0.6) is 0 Å². The van der Waals surface area contributed by atoms with Gasteiger partial charge >= 0.3 is 0 Å². The van der Waals surface area contributed by atoms with Crippen LogP contribution in [0, 0.1) is 0 Å². The zero-order valence-electron chi connectivity index (χ0n) is 7.85. The maximum absolute atomic E-state index is 2.43. The van der Waals surface area contributed by atoms with E-state index in [1.807, 2.05) is 0 Å². The SMILES string of the molecule is CN(C)CCCC[SiH](C)C. The summed E-state index contributed by atoms with van der Waals surface area (Å²) in [6, 6.07) is 1.52. The fourth-order valence-corrected chi connectivity index (χ4v) is 2.09. The highest BCUT2D eigenvalue weighted by Crippen LogP contribution is 2.00. The van der Waals surface area contributed by atoms with Crippen LogP contribution in [0.2, 0.25) is 19.1 Å². The summed E-state index contributed by atoms with van der Waals surface area (Å²) in [6.07, 6.45) is 2.83. The summed E-state index contributed by atoms with van der Waals surface area (Å²) >= 11 is 0. The van der Waals surface area contributed by atoms with Gasteiger partial charge in [0.1, 0.15) is 0 Å². The van der Waals surface area contributed by atoms with Gasteiger partial charge < -0.3 is 4.90 Å². The van der Waals surface area contributed by atoms with Gasteiger partial charge in [-0.25, -0.2) is 0 Å². The van der Waals surface area contributed by atoms with Crippen molar-refractivity contribution in [3.8, 4) is 0 Å². The van der Waals surface area contributed by atoms with Crippen LogP contribution in [0.3, 0.4) is 0 Å². The lowest BCUT2D eigenvalue weighted by Gasteiger charge is -2.08. The molecule has 0 aromatic rings. The molecule has 0 N–H and O–H groups in total. The molecule has 0 rings (SSSR count). The third kappa shape index (κ3) is 8.18. The smallest absolute Gasteiger partial charge is 0.0305 e. The Balaban J connectivity index is 2.91. The van der Waals surface area contributed by atoms with Crippen molar-refractivity contribution in [2.45, 2.75) is 32.0 Å². The van der Waals surface area contributed by atoms with E-state index in [2.05, 4.69) is 32.1 Å². The first-order valence-corrected chi connectivity index (χ1v) is 7.40. The maximum Gasteiger partial charge on any atom is 0.0305 e. The van der Waals surface area contributed by atoms with Gasteiger partial charge in [0.15, 0.2) is 0 Å². The van der Waals surface area contributed by atoms with E-state index in [9.17, 15) is 0 Å². The number of unbranched alkanes of at least 4 members (excludes halogenated alkanes) is 1. The molecule has 0 saturated carbocycles. The van der Waals surface area contributed by atoms with Crippen LogP contribution < -0.4 is 0 Å². The highest BCUT2D eigenvalue weighted by atomic mass is 28.3. The van der Waals surface area contributed by atoms with Crippen molar-refractivity contribution in [3.63, 3.8) is 0 Å². The van der Waals surface area contributed by atoms with E-state index in [4.69, 9.17) is 0 Å². The summed E-state index contributed by atoms with van der Waals surface area (Å²) in [7, 11) is 4.04. The maximum atomic E-state index is 2.43. The first-order valence-electron chi connectivity index (χ1n) is 4.27. The molecule has 0 bridgehead atoms. The number of hydrogen-bond donors (Lipinski definition) is 0. The highest BCUT2D eigenvalue weighted by molar-refractivity contribution is 6.55. The van der Waals surface area contributed by atoms with Crippen molar-refractivity contribution in [3.05, 3.63) is 0 Å². The van der Waals surface area contributed by atoms with Crippen molar-refractivity contribution >= 4 is 8.80 Å². The molecule has 0 heterocycles. The first kappa shape index (κ1) is 10.2. The zero-order valence-corrected chi connectivity index (χ0v) is 9.01. The van der Waals surface area contributed by atoms with E-state index in [1.165, 1.54) is 25.4 Å². The molecule has 0 aliphatic rings. The number of rotatable bonds is 5. The molecule has 0 amide bonds. The van der Waals surface area contributed by atoms with E-state index < -0.39 is 0 Å². The second-order valence-corrected chi connectivity index (χ2v) is 7.06. The first-order chi connectivity index (χ1) is 4.63. The molecule has 0 aliphatic carbocycles. The van der Waals surface area contributed by atoms with Crippen LogP contribution in [-0.2, 0) is 0 Å². The lowest BCUT2D eigenvalue weighted by Crippen LogP contribution is -2.13.